The maximum atomic E-state index is 5.82. The molecule has 2 N–H and O–H groups in total. The van der Waals surface area contributed by atoms with Gasteiger partial charge in [0.2, 0.25) is 0 Å². The number of likely N-dealkylation sites (tertiary alicyclic amines) is 1. The summed E-state index contributed by atoms with van der Waals surface area (Å²) in [4.78, 5) is 2.37. The van der Waals surface area contributed by atoms with Crippen molar-refractivity contribution in [2.24, 2.45) is 11.7 Å². The molecule has 1 aromatic rings. The first-order valence-corrected chi connectivity index (χ1v) is 6.14. The van der Waals surface area contributed by atoms with E-state index in [0.29, 0.717) is 11.8 Å². The molecule has 0 radical (unpaired) electrons. The lowest BCUT2D eigenvalue weighted by Gasteiger charge is -2.16. The number of hydrogen-bond donors (Lipinski definition) is 1. The van der Waals surface area contributed by atoms with Gasteiger partial charge in [-0.1, -0.05) is 28.1 Å². The van der Waals surface area contributed by atoms with Gasteiger partial charge in [-0.25, -0.2) is 0 Å². The van der Waals surface area contributed by atoms with Crippen molar-refractivity contribution < 1.29 is 0 Å². The minimum atomic E-state index is 0.605. The van der Waals surface area contributed by atoms with Crippen molar-refractivity contribution in [1.29, 1.82) is 0 Å². The van der Waals surface area contributed by atoms with Crippen molar-refractivity contribution >= 4 is 15.9 Å². The van der Waals surface area contributed by atoms with Crippen LogP contribution >= 0.6 is 15.9 Å². The molecule has 0 bridgehead atoms. The first-order valence-electron chi connectivity index (χ1n) is 5.35. The minimum Gasteiger partial charge on any atom is -0.330 e. The lowest BCUT2D eigenvalue weighted by atomic mass is 9.89. The molecule has 82 valence electrons. The van der Waals surface area contributed by atoms with Crippen LogP contribution in [0.5, 0.6) is 0 Å². The van der Waals surface area contributed by atoms with E-state index in [1.54, 1.807) is 0 Å². The third-order valence-corrected chi connectivity index (χ3v) is 3.75. The molecule has 0 spiro atoms. The van der Waals surface area contributed by atoms with Crippen LogP contribution in [0.2, 0.25) is 0 Å². The number of rotatable bonds is 2. The quantitative estimate of drug-likeness (QED) is 0.890. The molecular formula is C12H17BrN2. The Bertz CT molecular complexity index is 323. The average Bonchev–Trinajstić information content (AvgIpc) is 2.61. The van der Waals surface area contributed by atoms with E-state index in [1.165, 1.54) is 5.56 Å². The van der Waals surface area contributed by atoms with Gasteiger partial charge < -0.3 is 10.6 Å². The summed E-state index contributed by atoms with van der Waals surface area (Å²) in [6.07, 6.45) is 0. The van der Waals surface area contributed by atoms with Gasteiger partial charge in [-0.2, -0.15) is 0 Å². The largest absolute Gasteiger partial charge is 0.330 e. The molecule has 0 saturated carbocycles. The molecule has 2 rings (SSSR count). The summed E-state index contributed by atoms with van der Waals surface area (Å²) in [5.41, 5.74) is 7.23. The number of hydrogen-bond acceptors (Lipinski definition) is 2. The van der Waals surface area contributed by atoms with Crippen molar-refractivity contribution in [3.8, 4) is 0 Å². The standard InChI is InChI=1S/C12H17BrN2/c1-15-7-10(6-14)12(8-15)9-2-4-11(13)5-3-9/h2-5,10,12H,6-8,14H2,1H3/t10-,12+/m0/s1. The van der Waals surface area contributed by atoms with Crippen molar-refractivity contribution in [3.63, 3.8) is 0 Å². The van der Waals surface area contributed by atoms with E-state index in [9.17, 15) is 0 Å². The molecule has 2 nitrogen and oxygen atoms in total. The van der Waals surface area contributed by atoms with Gasteiger partial charge in [0.05, 0.1) is 0 Å². The van der Waals surface area contributed by atoms with E-state index < -0.39 is 0 Å². The molecule has 3 heteroatoms. The predicted octanol–water partition coefficient (Wildman–Crippen LogP) is 2.05. The molecule has 1 fully saturated rings. The average molecular weight is 269 g/mol. The Kier molecular flexibility index (Phi) is 3.44. The Morgan fingerprint density at radius 2 is 2.00 bits per heavy atom. The van der Waals surface area contributed by atoms with Gasteiger partial charge in [-0.05, 0) is 37.2 Å². The summed E-state index contributed by atoms with van der Waals surface area (Å²) in [5.74, 6) is 1.21. The van der Waals surface area contributed by atoms with E-state index in [2.05, 4.69) is 52.1 Å². The molecule has 1 heterocycles. The fourth-order valence-electron chi connectivity index (χ4n) is 2.41. The van der Waals surface area contributed by atoms with Gasteiger partial charge in [-0.15, -0.1) is 0 Å². The summed E-state index contributed by atoms with van der Waals surface area (Å²) < 4.78 is 1.14. The smallest absolute Gasteiger partial charge is 0.0175 e. The maximum absolute atomic E-state index is 5.82. The normalized spacial score (nSPS) is 27.1. The van der Waals surface area contributed by atoms with Gasteiger partial charge in [0, 0.05) is 23.5 Å². The van der Waals surface area contributed by atoms with Crippen LogP contribution < -0.4 is 5.73 Å². The number of likely N-dealkylation sites (N-methyl/N-ethyl adjacent to an activating group) is 1. The number of nitrogens with zero attached hydrogens (tertiary/aromatic N) is 1. The number of nitrogens with two attached hydrogens (primary N) is 1. The van der Waals surface area contributed by atoms with Crippen molar-refractivity contribution in [2.75, 3.05) is 26.7 Å². The molecule has 15 heavy (non-hydrogen) atoms. The summed E-state index contributed by atoms with van der Waals surface area (Å²) >= 11 is 3.46. The van der Waals surface area contributed by atoms with Gasteiger partial charge in [0.25, 0.3) is 0 Å². The first-order chi connectivity index (χ1) is 7.20. The van der Waals surface area contributed by atoms with Crippen LogP contribution in [0.25, 0.3) is 0 Å². The Hall–Kier alpha value is -0.380. The fourth-order valence-corrected chi connectivity index (χ4v) is 2.68. The summed E-state index contributed by atoms with van der Waals surface area (Å²) in [6.45, 7) is 3.03. The van der Waals surface area contributed by atoms with Crippen LogP contribution in [0.3, 0.4) is 0 Å². The van der Waals surface area contributed by atoms with Gasteiger partial charge in [-0.3, -0.25) is 0 Å². The third kappa shape index (κ3) is 2.41. The zero-order valence-corrected chi connectivity index (χ0v) is 10.6. The number of benzene rings is 1. The summed E-state index contributed by atoms with van der Waals surface area (Å²) in [7, 11) is 2.17. The van der Waals surface area contributed by atoms with E-state index in [4.69, 9.17) is 5.73 Å². The molecule has 1 aromatic carbocycles. The predicted molar refractivity (Wildman–Crippen MR) is 66.9 cm³/mol. The van der Waals surface area contributed by atoms with Crippen molar-refractivity contribution in [3.05, 3.63) is 34.3 Å². The molecule has 0 aromatic heterocycles. The Morgan fingerprint density at radius 1 is 1.33 bits per heavy atom. The Balaban J connectivity index is 2.19. The number of halogens is 1. The molecule has 0 unspecified atom stereocenters. The van der Waals surface area contributed by atoms with Gasteiger partial charge >= 0.3 is 0 Å². The molecule has 1 aliphatic rings. The Morgan fingerprint density at radius 3 is 2.60 bits per heavy atom. The monoisotopic (exact) mass is 268 g/mol. The molecular weight excluding hydrogens is 252 g/mol. The van der Waals surface area contributed by atoms with Crippen LogP contribution in [0, 0.1) is 5.92 Å². The lowest BCUT2D eigenvalue weighted by Crippen LogP contribution is -2.21. The van der Waals surface area contributed by atoms with Gasteiger partial charge in [0.15, 0.2) is 0 Å². The minimum absolute atomic E-state index is 0.605. The highest BCUT2D eigenvalue weighted by Gasteiger charge is 2.30. The molecule has 2 atom stereocenters. The highest BCUT2D eigenvalue weighted by molar-refractivity contribution is 9.10. The van der Waals surface area contributed by atoms with Gasteiger partial charge in [0.1, 0.15) is 0 Å². The SMILES string of the molecule is CN1C[C@H](CN)[C@@H](c2ccc(Br)cc2)C1. The first kappa shape index (κ1) is 11.1. The second kappa shape index (κ2) is 4.64. The highest BCUT2D eigenvalue weighted by atomic mass is 79.9. The van der Waals surface area contributed by atoms with E-state index >= 15 is 0 Å². The fraction of sp³-hybridized carbons (Fsp3) is 0.500. The molecule has 0 aliphatic carbocycles. The second-order valence-electron chi connectivity index (χ2n) is 4.38. The van der Waals surface area contributed by atoms with E-state index in [1.807, 2.05) is 0 Å². The topological polar surface area (TPSA) is 29.3 Å². The third-order valence-electron chi connectivity index (χ3n) is 3.22. The van der Waals surface area contributed by atoms with E-state index in [-0.39, 0.29) is 0 Å². The van der Waals surface area contributed by atoms with Crippen LogP contribution in [-0.2, 0) is 0 Å². The van der Waals surface area contributed by atoms with Crippen LogP contribution in [-0.4, -0.2) is 31.6 Å². The highest BCUT2D eigenvalue weighted by Crippen LogP contribution is 2.31. The zero-order chi connectivity index (χ0) is 10.8. The second-order valence-corrected chi connectivity index (χ2v) is 5.29. The van der Waals surface area contributed by atoms with Crippen LogP contribution in [0.15, 0.2) is 28.7 Å². The maximum Gasteiger partial charge on any atom is 0.0175 e. The molecule has 1 aliphatic heterocycles. The van der Waals surface area contributed by atoms with Crippen molar-refractivity contribution in [1.82, 2.24) is 4.90 Å². The van der Waals surface area contributed by atoms with Crippen LogP contribution in [0.1, 0.15) is 11.5 Å². The zero-order valence-electron chi connectivity index (χ0n) is 8.99. The lowest BCUT2D eigenvalue weighted by molar-refractivity contribution is 0.397. The molecule has 0 amide bonds. The van der Waals surface area contributed by atoms with Crippen LogP contribution in [0.4, 0.5) is 0 Å². The van der Waals surface area contributed by atoms with E-state index in [0.717, 1.165) is 24.1 Å². The Labute approximate surface area is 99.6 Å². The van der Waals surface area contributed by atoms with Crippen molar-refractivity contribution in [2.45, 2.75) is 5.92 Å². The summed E-state index contributed by atoms with van der Waals surface area (Å²) in [5, 5.41) is 0. The molecule has 1 saturated heterocycles. The summed E-state index contributed by atoms with van der Waals surface area (Å²) in [6, 6.07) is 8.63.